The molecule has 2 rings (SSSR count). The molecule has 3 N–H and O–H groups in total. The number of nitrogen functional groups attached to an aromatic ring is 1. The van der Waals surface area contributed by atoms with Crippen LogP contribution in [0.5, 0.6) is 0 Å². The van der Waals surface area contributed by atoms with Crippen molar-refractivity contribution in [3.05, 3.63) is 59.4 Å². The minimum Gasteiger partial charge on any atom is -0.399 e. The first-order valence-electron chi connectivity index (χ1n) is 5.99. The van der Waals surface area contributed by atoms with Gasteiger partial charge in [0, 0.05) is 12.2 Å². The summed E-state index contributed by atoms with van der Waals surface area (Å²) in [6.45, 7) is 1.75. The lowest BCUT2D eigenvalue weighted by atomic mass is 10.2. The smallest absolute Gasteiger partial charge is 0.243 e. The van der Waals surface area contributed by atoms with Crippen molar-refractivity contribution >= 4 is 15.7 Å². The lowest BCUT2D eigenvalue weighted by molar-refractivity contribution is 0.556. The van der Waals surface area contributed by atoms with Crippen LogP contribution in [0.3, 0.4) is 0 Å². The molecule has 0 spiro atoms. The third kappa shape index (κ3) is 3.34. The number of benzene rings is 2. The zero-order valence-corrected chi connectivity index (χ0v) is 11.7. The highest BCUT2D eigenvalue weighted by molar-refractivity contribution is 7.89. The second kappa shape index (κ2) is 5.60. The molecule has 0 saturated carbocycles. The summed E-state index contributed by atoms with van der Waals surface area (Å²) in [5.41, 5.74) is 7.53. The van der Waals surface area contributed by atoms with Crippen molar-refractivity contribution in [2.45, 2.75) is 18.4 Å². The minimum atomic E-state index is -3.88. The van der Waals surface area contributed by atoms with Crippen LogP contribution in [0.15, 0.2) is 47.4 Å². The molecule has 0 aliphatic carbocycles. The van der Waals surface area contributed by atoms with E-state index in [-0.39, 0.29) is 11.4 Å². The molecule has 2 aromatic carbocycles. The Kier molecular flexibility index (Phi) is 4.06. The van der Waals surface area contributed by atoms with Gasteiger partial charge in [0.05, 0.1) is 0 Å². The van der Waals surface area contributed by atoms with E-state index < -0.39 is 15.8 Å². The van der Waals surface area contributed by atoms with Crippen LogP contribution in [0.25, 0.3) is 0 Å². The van der Waals surface area contributed by atoms with Crippen LogP contribution in [-0.4, -0.2) is 8.42 Å². The van der Waals surface area contributed by atoms with E-state index >= 15 is 0 Å². The highest BCUT2D eigenvalue weighted by Gasteiger charge is 2.18. The van der Waals surface area contributed by atoms with Crippen LogP contribution in [0.4, 0.5) is 10.1 Å². The topological polar surface area (TPSA) is 72.2 Å². The molecule has 106 valence electrons. The van der Waals surface area contributed by atoms with Gasteiger partial charge in [-0.15, -0.1) is 0 Å². The Balaban J connectivity index is 2.19. The summed E-state index contributed by atoms with van der Waals surface area (Å²) in [5, 5.41) is 0. The van der Waals surface area contributed by atoms with Gasteiger partial charge in [0.2, 0.25) is 10.0 Å². The highest BCUT2D eigenvalue weighted by atomic mass is 32.2. The first-order chi connectivity index (χ1) is 9.38. The van der Waals surface area contributed by atoms with Gasteiger partial charge >= 0.3 is 0 Å². The fraction of sp³-hybridized carbons (Fsp3) is 0.143. The van der Waals surface area contributed by atoms with Gasteiger partial charge in [0.25, 0.3) is 0 Å². The highest BCUT2D eigenvalue weighted by Crippen LogP contribution is 2.16. The van der Waals surface area contributed by atoms with Crippen molar-refractivity contribution in [1.29, 1.82) is 0 Å². The zero-order chi connectivity index (χ0) is 14.8. The molecule has 0 bridgehead atoms. The Bertz CT molecular complexity index is 730. The molecule has 0 radical (unpaired) electrons. The van der Waals surface area contributed by atoms with Crippen LogP contribution in [0, 0.1) is 12.7 Å². The first-order valence-corrected chi connectivity index (χ1v) is 7.47. The normalized spacial score (nSPS) is 11.5. The average Bonchev–Trinajstić information content (AvgIpc) is 2.36. The second-order valence-electron chi connectivity index (χ2n) is 4.50. The zero-order valence-electron chi connectivity index (χ0n) is 10.9. The number of hydrogen-bond acceptors (Lipinski definition) is 3. The summed E-state index contributed by atoms with van der Waals surface area (Å²) in [7, 11) is -3.88. The predicted octanol–water partition coefficient (Wildman–Crippen LogP) is 2.19. The van der Waals surface area contributed by atoms with Gasteiger partial charge in [0.1, 0.15) is 10.7 Å². The molecule has 0 heterocycles. The third-order valence-electron chi connectivity index (χ3n) is 2.79. The third-order valence-corrected chi connectivity index (χ3v) is 4.23. The summed E-state index contributed by atoms with van der Waals surface area (Å²) in [6, 6.07) is 10.8. The van der Waals surface area contributed by atoms with E-state index in [9.17, 15) is 12.8 Å². The van der Waals surface area contributed by atoms with E-state index in [1.165, 1.54) is 12.1 Å². The van der Waals surface area contributed by atoms with E-state index in [0.29, 0.717) is 16.8 Å². The van der Waals surface area contributed by atoms with E-state index in [0.717, 1.165) is 0 Å². The molecule has 0 fully saturated rings. The number of sulfonamides is 1. The van der Waals surface area contributed by atoms with Gasteiger partial charge in [-0.3, -0.25) is 0 Å². The molecular formula is C14H15FN2O2S. The maximum Gasteiger partial charge on any atom is 0.243 e. The van der Waals surface area contributed by atoms with Crippen molar-refractivity contribution in [1.82, 2.24) is 4.72 Å². The number of anilines is 1. The Morgan fingerprint density at radius 1 is 1.20 bits per heavy atom. The molecule has 20 heavy (non-hydrogen) atoms. The molecule has 0 aliphatic heterocycles. The van der Waals surface area contributed by atoms with Crippen molar-refractivity contribution < 1.29 is 12.8 Å². The van der Waals surface area contributed by atoms with Crippen LogP contribution in [0.2, 0.25) is 0 Å². The SMILES string of the molecule is Cc1ccc(S(=O)(=O)NCc2cccc(N)c2)c(F)c1. The fourth-order valence-corrected chi connectivity index (χ4v) is 2.86. The lowest BCUT2D eigenvalue weighted by Gasteiger charge is -2.08. The van der Waals surface area contributed by atoms with Crippen molar-refractivity contribution in [2.24, 2.45) is 0 Å². The molecular weight excluding hydrogens is 279 g/mol. The number of nitrogens with one attached hydrogen (secondary N) is 1. The van der Waals surface area contributed by atoms with E-state index in [1.54, 1.807) is 37.3 Å². The average molecular weight is 294 g/mol. The summed E-state index contributed by atoms with van der Waals surface area (Å²) in [5.74, 6) is -0.759. The largest absolute Gasteiger partial charge is 0.399 e. The summed E-state index contributed by atoms with van der Waals surface area (Å²) in [4.78, 5) is -0.355. The van der Waals surface area contributed by atoms with Crippen molar-refractivity contribution in [3.8, 4) is 0 Å². The summed E-state index contributed by atoms with van der Waals surface area (Å²) >= 11 is 0. The van der Waals surface area contributed by atoms with Gasteiger partial charge in [0.15, 0.2) is 0 Å². The molecule has 6 heteroatoms. The van der Waals surface area contributed by atoms with E-state index in [4.69, 9.17) is 5.73 Å². The van der Waals surface area contributed by atoms with Gasteiger partial charge < -0.3 is 5.73 Å². The summed E-state index contributed by atoms with van der Waals surface area (Å²) in [6.07, 6.45) is 0. The van der Waals surface area contributed by atoms with Crippen LogP contribution in [0.1, 0.15) is 11.1 Å². The van der Waals surface area contributed by atoms with Gasteiger partial charge in [-0.25, -0.2) is 17.5 Å². The molecule has 0 saturated heterocycles. The van der Waals surface area contributed by atoms with Crippen LogP contribution in [-0.2, 0) is 16.6 Å². The molecule has 0 amide bonds. The van der Waals surface area contributed by atoms with Gasteiger partial charge in [-0.1, -0.05) is 18.2 Å². The lowest BCUT2D eigenvalue weighted by Crippen LogP contribution is -2.24. The Morgan fingerprint density at radius 3 is 2.60 bits per heavy atom. The number of rotatable bonds is 4. The molecule has 0 unspecified atom stereocenters. The molecule has 0 aliphatic rings. The number of nitrogens with two attached hydrogens (primary N) is 1. The summed E-state index contributed by atoms with van der Waals surface area (Å²) < 4.78 is 40.1. The minimum absolute atomic E-state index is 0.0562. The molecule has 0 atom stereocenters. The quantitative estimate of drug-likeness (QED) is 0.849. The maximum atomic E-state index is 13.7. The Hall–Kier alpha value is -1.92. The number of aryl methyl sites for hydroxylation is 1. The fourth-order valence-electron chi connectivity index (χ4n) is 1.78. The van der Waals surface area contributed by atoms with E-state index in [1.807, 2.05) is 0 Å². The first kappa shape index (κ1) is 14.5. The number of hydrogen-bond donors (Lipinski definition) is 2. The van der Waals surface area contributed by atoms with Crippen molar-refractivity contribution in [3.63, 3.8) is 0 Å². The molecule has 2 aromatic rings. The van der Waals surface area contributed by atoms with Gasteiger partial charge in [-0.05, 0) is 42.3 Å². The van der Waals surface area contributed by atoms with Crippen LogP contribution >= 0.6 is 0 Å². The molecule has 0 aromatic heterocycles. The number of halogens is 1. The second-order valence-corrected chi connectivity index (χ2v) is 6.24. The molecule has 4 nitrogen and oxygen atoms in total. The Labute approximate surface area is 117 Å². The van der Waals surface area contributed by atoms with Crippen LogP contribution < -0.4 is 10.5 Å². The van der Waals surface area contributed by atoms with Crippen molar-refractivity contribution in [2.75, 3.05) is 5.73 Å². The Morgan fingerprint density at radius 2 is 1.95 bits per heavy atom. The maximum absolute atomic E-state index is 13.7. The van der Waals surface area contributed by atoms with E-state index in [2.05, 4.69) is 4.72 Å². The predicted molar refractivity (Wildman–Crippen MR) is 76.0 cm³/mol. The van der Waals surface area contributed by atoms with Gasteiger partial charge in [-0.2, -0.15) is 0 Å². The monoisotopic (exact) mass is 294 g/mol. The standard InChI is InChI=1S/C14H15FN2O2S/c1-10-5-6-14(13(15)7-10)20(18,19)17-9-11-3-2-4-12(16)8-11/h2-8,17H,9,16H2,1H3.